The summed E-state index contributed by atoms with van der Waals surface area (Å²) in [7, 11) is 0. The third-order valence-electron chi connectivity index (χ3n) is 3.80. The number of ether oxygens (including phenoxy) is 1. The maximum Gasteiger partial charge on any atom is 0.407 e. The van der Waals surface area contributed by atoms with Crippen LogP contribution in [0.5, 0.6) is 0 Å². The van der Waals surface area contributed by atoms with Gasteiger partial charge in [0.25, 0.3) is 0 Å². The number of hydrogen-bond acceptors (Lipinski definition) is 3. The van der Waals surface area contributed by atoms with Crippen LogP contribution in [0.15, 0.2) is 0 Å². The molecule has 5 heteroatoms. The van der Waals surface area contributed by atoms with Crippen molar-refractivity contribution in [2.24, 2.45) is 17.1 Å². The van der Waals surface area contributed by atoms with E-state index in [2.05, 4.69) is 20.8 Å². The molecular weight excluding hydrogens is 244 g/mol. The Morgan fingerprint density at radius 3 is 2.68 bits per heavy atom. The number of likely N-dealkylation sites (tertiary alicyclic amines) is 1. The van der Waals surface area contributed by atoms with Crippen LogP contribution in [0.3, 0.4) is 0 Å². The summed E-state index contributed by atoms with van der Waals surface area (Å²) in [6.45, 7) is 9.00. The highest BCUT2D eigenvalue weighted by atomic mass is 16.5. The zero-order valence-corrected chi connectivity index (χ0v) is 12.4. The molecule has 0 saturated carbocycles. The third-order valence-corrected chi connectivity index (χ3v) is 3.80. The predicted octanol–water partition coefficient (Wildman–Crippen LogP) is 2.16. The summed E-state index contributed by atoms with van der Waals surface area (Å²) in [5.41, 5.74) is 5.39. The molecule has 0 radical (unpaired) electrons. The topological polar surface area (TPSA) is 75.8 Å². The second-order valence-corrected chi connectivity index (χ2v) is 6.47. The molecule has 0 spiro atoms. The SMILES string of the molecule is CC(C)(C)C1CC(COCCCN)CCN1C(=O)O. The quantitative estimate of drug-likeness (QED) is 0.752. The van der Waals surface area contributed by atoms with E-state index in [4.69, 9.17) is 10.5 Å². The highest BCUT2D eigenvalue weighted by Crippen LogP contribution is 2.34. The van der Waals surface area contributed by atoms with Gasteiger partial charge in [-0.25, -0.2) is 4.79 Å². The van der Waals surface area contributed by atoms with Crippen LogP contribution in [0.2, 0.25) is 0 Å². The van der Waals surface area contributed by atoms with Crippen molar-refractivity contribution in [1.82, 2.24) is 4.90 Å². The van der Waals surface area contributed by atoms with Crippen LogP contribution >= 0.6 is 0 Å². The van der Waals surface area contributed by atoms with Crippen molar-refractivity contribution < 1.29 is 14.6 Å². The first kappa shape index (κ1) is 16.2. The molecule has 0 aliphatic carbocycles. The number of amides is 1. The normalized spacial score (nSPS) is 24.5. The lowest BCUT2D eigenvalue weighted by molar-refractivity contribution is 0.0107. The largest absolute Gasteiger partial charge is 0.465 e. The first-order chi connectivity index (χ1) is 8.86. The summed E-state index contributed by atoms with van der Waals surface area (Å²) in [5, 5.41) is 9.29. The molecule has 1 fully saturated rings. The van der Waals surface area contributed by atoms with Crippen molar-refractivity contribution in [3.05, 3.63) is 0 Å². The van der Waals surface area contributed by atoms with Gasteiger partial charge >= 0.3 is 6.09 Å². The van der Waals surface area contributed by atoms with E-state index in [1.54, 1.807) is 4.90 Å². The van der Waals surface area contributed by atoms with Gasteiger partial charge in [0.1, 0.15) is 0 Å². The van der Waals surface area contributed by atoms with Crippen molar-refractivity contribution in [3.8, 4) is 0 Å². The lowest BCUT2D eigenvalue weighted by Crippen LogP contribution is -2.52. The van der Waals surface area contributed by atoms with Gasteiger partial charge in [0.15, 0.2) is 0 Å². The molecule has 112 valence electrons. The Morgan fingerprint density at radius 1 is 1.47 bits per heavy atom. The molecule has 5 nitrogen and oxygen atoms in total. The molecule has 1 aliphatic heterocycles. The lowest BCUT2D eigenvalue weighted by atomic mass is 9.77. The van der Waals surface area contributed by atoms with Crippen molar-refractivity contribution in [1.29, 1.82) is 0 Å². The molecule has 1 saturated heterocycles. The molecule has 0 bridgehead atoms. The maximum absolute atomic E-state index is 11.3. The van der Waals surface area contributed by atoms with Gasteiger partial charge in [0.05, 0.1) is 0 Å². The second kappa shape index (κ2) is 7.10. The number of nitrogens with zero attached hydrogens (tertiary/aromatic N) is 1. The molecular formula is C14H28N2O3. The monoisotopic (exact) mass is 272 g/mol. The van der Waals surface area contributed by atoms with Crippen LogP contribution in [0.1, 0.15) is 40.0 Å². The number of nitrogens with two attached hydrogens (primary N) is 1. The summed E-state index contributed by atoms with van der Waals surface area (Å²) in [4.78, 5) is 12.9. The van der Waals surface area contributed by atoms with Gasteiger partial charge in [-0.15, -0.1) is 0 Å². The number of hydrogen-bond donors (Lipinski definition) is 2. The molecule has 0 aromatic rings. The van der Waals surface area contributed by atoms with Crippen LogP contribution < -0.4 is 5.73 Å². The fraction of sp³-hybridized carbons (Fsp3) is 0.929. The van der Waals surface area contributed by atoms with E-state index >= 15 is 0 Å². The van der Waals surface area contributed by atoms with E-state index in [1.165, 1.54) is 0 Å². The van der Waals surface area contributed by atoms with Gasteiger partial charge in [-0.1, -0.05) is 20.8 Å². The fourth-order valence-corrected chi connectivity index (χ4v) is 2.68. The Balaban J connectivity index is 2.51. The van der Waals surface area contributed by atoms with Crippen LogP contribution in [-0.4, -0.2) is 48.4 Å². The zero-order chi connectivity index (χ0) is 14.5. The Kier molecular flexibility index (Phi) is 6.07. The molecule has 0 aromatic heterocycles. The van der Waals surface area contributed by atoms with Gasteiger partial charge in [-0.3, -0.25) is 0 Å². The summed E-state index contributed by atoms with van der Waals surface area (Å²) in [5.74, 6) is 0.456. The Bertz CT molecular complexity index is 289. The van der Waals surface area contributed by atoms with E-state index in [-0.39, 0.29) is 11.5 Å². The van der Waals surface area contributed by atoms with Crippen LogP contribution in [0.25, 0.3) is 0 Å². The summed E-state index contributed by atoms with van der Waals surface area (Å²) >= 11 is 0. The third kappa shape index (κ3) is 4.99. The summed E-state index contributed by atoms with van der Waals surface area (Å²) in [6, 6.07) is 0.0712. The molecule has 1 amide bonds. The van der Waals surface area contributed by atoms with Crippen molar-refractivity contribution in [3.63, 3.8) is 0 Å². The number of rotatable bonds is 5. The minimum Gasteiger partial charge on any atom is -0.465 e. The average molecular weight is 272 g/mol. The summed E-state index contributed by atoms with van der Waals surface area (Å²) < 4.78 is 5.62. The Morgan fingerprint density at radius 2 is 2.16 bits per heavy atom. The molecule has 0 aromatic carbocycles. The maximum atomic E-state index is 11.3. The molecule has 19 heavy (non-hydrogen) atoms. The van der Waals surface area contributed by atoms with E-state index in [9.17, 15) is 9.90 Å². The molecule has 1 aliphatic rings. The number of piperidine rings is 1. The molecule has 2 atom stereocenters. The zero-order valence-electron chi connectivity index (χ0n) is 12.4. The predicted molar refractivity (Wildman–Crippen MR) is 75.2 cm³/mol. The highest BCUT2D eigenvalue weighted by molar-refractivity contribution is 5.65. The molecule has 2 unspecified atom stereocenters. The Hall–Kier alpha value is -0.810. The second-order valence-electron chi connectivity index (χ2n) is 6.47. The highest BCUT2D eigenvalue weighted by Gasteiger charge is 2.38. The smallest absolute Gasteiger partial charge is 0.407 e. The van der Waals surface area contributed by atoms with Crippen LogP contribution in [-0.2, 0) is 4.74 Å². The minimum absolute atomic E-state index is 0.0334. The first-order valence-electron chi connectivity index (χ1n) is 7.13. The van der Waals surface area contributed by atoms with Gasteiger partial charge in [-0.05, 0) is 37.1 Å². The molecule has 1 rings (SSSR count). The van der Waals surface area contributed by atoms with E-state index in [1.807, 2.05) is 0 Å². The summed E-state index contributed by atoms with van der Waals surface area (Å²) in [6.07, 6.45) is 1.86. The minimum atomic E-state index is -0.803. The number of carbonyl (C=O) groups is 1. The van der Waals surface area contributed by atoms with Gasteiger partial charge in [0.2, 0.25) is 0 Å². The fourth-order valence-electron chi connectivity index (χ4n) is 2.68. The van der Waals surface area contributed by atoms with Crippen LogP contribution in [0, 0.1) is 11.3 Å². The van der Waals surface area contributed by atoms with E-state index in [0.29, 0.717) is 25.6 Å². The average Bonchev–Trinajstić information content (AvgIpc) is 2.33. The van der Waals surface area contributed by atoms with E-state index in [0.717, 1.165) is 25.9 Å². The molecule has 3 N–H and O–H groups in total. The van der Waals surface area contributed by atoms with Gasteiger partial charge in [0, 0.05) is 25.8 Å². The van der Waals surface area contributed by atoms with Crippen molar-refractivity contribution >= 4 is 6.09 Å². The Labute approximate surface area is 116 Å². The lowest BCUT2D eigenvalue weighted by Gasteiger charge is -2.44. The first-order valence-corrected chi connectivity index (χ1v) is 7.13. The van der Waals surface area contributed by atoms with Gasteiger partial charge < -0.3 is 20.5 Å². The van der Waals surface area contributed by atoms with Crippen molar-refractivity contribution in [2.75, 3.05) is 26.3 Å². The number of carboxylic acid groups (broad SMARTS) is 1. The van der Waals surface area contributed by atoms with Crippen molar-refractivity contribution in [2.45, 2.75) is 46.1 Å². The standard InChI is InChI=1S/C14H28N2O3/c1-14(2,3)12-9-11(10-19-8-4-6-15)5-7-16(12)13(17)18/h11-12H,4-10,15H2,1-3H3,(H,17,18). The van der Waals surface area contributed by atoms with Crippen LogP contribution in [0.4, 0.5) is 4.79 Å². The molecule has 1 heterocycles. The van der Waals surface area contributed by atoms with Gasteiger partial charge in [-0.2, -0.15) is 0 Å². The van der Waals surface area contributed by atoms with E-state index < -0.39 is 6.09 Å².